The van der Waals surface area contributed by atoms with Crippen molar-refractivity contribution in [3.8, 4) is 0 Å². The molecule has 0 saturated carbocycles. The lowest BCUT2D eigenvalue weighted by Gasteiger charge is -2.26. The number of nitrogens with zero attached hydrogens (tertiary/aromatic N) is 2. The van der Waals surface area contributed by atoms with Crippen LogP contribution in [0.2, 0.25) is 0 Å². The fraction of sp³-hybridized carbons (Fsp3) is 0.364. The minimum atomic E-state index is -0.101. The zero-order valence-electron chi connectivity index (χ0n) is 9.38. The summed E-state index contributed by atoms with van der Waals surface area (Å²) in [4.78, 5) is 17.9. The van der Waals surface area contributed by atoms with E-state index in [0.717, 1.165) is 0 Å². The fourth-order valence-corrected chi connectivity index (χ4v) is 1.45. The fourth-order valence-electron chi connectivity index (χ4n) is 1.31. The monoisotopic (exact) mass is 237 g/mol. The molecule has 1 rings (SSSR count). The van der Waals surface area contributed by atoms with Gasteiger partial charge in [0.2, 0.25) is 0 Å². The van der Waals surface area contributed by atoms with Crippen LogP contribution in [0.1, 0.15) is 24.2 Å². The number of rotatable bonds is 4. The molecular weight excluding hydrogens is 222 g/mol. The maximum absolute atomic E-state index is 12.1. The van der Waals surface area contributed by atoms with E-state index in [9.17, 15) is 4.79 Å². The van der Waals surface area contributed by atoms with Crippen molar-refractivity contribution in [2.75, 3.05) is 6.54 Å². The van der Waals surface area contributed by atoms with E-state index >= 15 is 0 Å². The molecule has 0 atom stereocenters. The van der Waals surface area contributed by atoms with E-state index in [1.807, 2.05) is 13.8 Å². The van der Waals surface area contributed by atoms with Crippen molar-refractivity contribution in [1.29, 1.82) is 0 Å². The van der Waals surface area contributed by atoms with Crippen molar-refractivity contribution < 1.29 is 4.79 Å². The molecule has 0 aliphatic carbocycles. The zero-order valence-corrected chi connectivity index (χ0v) is 10.2. The van der Waals surface area contributed by atoms with Crippen LogP contribution in [0.3, 0.4) is 0 Å². The Morgan fingerprint density at radius 1 is 1.62 bits per heavy atom. The number of amides is 1. The summed E-state index contributed by atoms with van der Waals surface area (Å²) in [7, 11) is 0. The molecule has 1 heterocycles. The van der Waals surface area contributed by atoms with Gasteiger partial charge in [0, 0.05) is 18.4 Å². The minimum Gasteiger partial charge on any atom is -0.392 e. The van der Waals surface area contributed by atoms with Crippen LogP contribution in [0.4, 0.5) is 0 Å². The highest BCUT2D eigenvalue weighted by atomic mass is 32.1. The second kappa shape index (κ2) is 5.55. The number of aromatic nitrogens is 1. The highest BCUT2D eigenvalue weighted by Gasteiger charge is 2.19. The van der Waals surface area contributed by atoms with E-state index in [2.05, 4.69) is 4.98 Å². The van der Waals surface area contributed by atoms with Gasteiger partial charge in [-0.15, -0.1) is 0 Å². The van der Waals surface area contributed by atoms with Crippen molar-refractivity contribution in [1.82, 2.24) is 9.88 Å². The predicted molar refractivity (Wildman–Crippen MR) is 67.2 cm³/mol. The molecule has 0 spiro atoms. The van der Waals surface area contributed by atoms with Gasteiger partial charge in [-0.2, -0.15) is 0 Å². The molecule has 0 fully saturated rings. The lowest BCUT2D eigenvalue weighted by Crippen LogP contribution is -2.42. The van der Waals surface area contributed by atoms with Crippen molar-refractivity contribution in [2.45, 2.75) is 19.9 Å². The molecule has 0 radical (unpaired) electrons. The van der Waals surface area contributed by atoms with Gasteiger partial charge in [-0.05, 0) is 26.0 Å². The SMILES string of the molecule is CC(C)N(CC(N)=S)C(=O)c1cccnc1. The molecule has 0 aliphatic heterocycles. The van der Waals surface area contributed by atoms with Gasteiger partial charge in [-0.1, -0.05) is 12.2 Å². The van der Waals surface area contributed by atoms with Gasteiger partial charge in [-0.3, -0.25) is 9.78 Å². The summed E-state index contributed by atoms with van der Waals surface area (Å²) in [6.07, 6.45) is 3.17. The number of pyridine rings is 1. The Kier molecular flexibility index (Phi) is 4.37. The van der Waals surface area contributed by atoms with Gasteiger partial charge < -0.3 is 10.6 Å². The Morgan fingerprint density at radius 2 is 2.31 bits per heavy atom. The molecule has 0 bridgehead atoms. The first-order valence-electron chi connectivity index (χ1n) is 5.01. The van der Waals surface area contributed by atoms with Gasteiger partial charge in [0.15, 0.2) is 0 Å². The first-order chi connectivity index (χ1) is 7.52. The highest BCUT2D eigenvalue weighted by molar-refractivity contribution is 7.80. The third-order valence-corrected chi connectivity index (χ3v) is 2.25. The summed E-state index contributed by atoms with van der Waals surface area (Å²) in [5.74, 6) is -0.101. The number of carbonyl (C=O) groups excluding carboxylic acids is 1. The molecule has 0 unspecified atom stereocenters. The van der Waals surface area contributed by atoms with Crippen molar-refractivity contribution in [3.63, 3.8) is 0 Å². The van der Waals surface area contributed by atoms with E-state index in [1.165, 1.54) is 6.20 Å². The Hall–Kier alpha value is -1.49. The molecule has 0 aliphatic rings. The first-order valence-corrected chi connectivity index (χ1v) is 5.42. The van der Waals surface area contributed by atoms with Crippen LogP contribution in [0.25, 0.3) is 0 Å². The molecule has 86 valence electrons. The van der Waals surface area contributed by atoms with Crippen LogP contribution in [0, 0.1) is 0 Å². The highest BCUT2D eigenvalue weighted by Crippen LogP contribution is 2.06. The average molecular weight is 237 g/mol. The van der Waals surface area contributed by atoms with Gasteiger partial charge in [0.1, 0.15) is 0 Å². The van der Waals surface area contributed by atoms with Gasteiger partial charge in [0.25, 0.3) is 5.91 Å². The van der Waals surface area contributed by atoms with Crippen molar-refractivity contribution in [3.05, 3.63) is 30.1 Å². The van der Waals surface area contributed by atoms with E-state index in [1.54, 1.807) is 23.2 Å². The van der Waals surface area contributed by atoms with E-state index < -0.39 is 0 Å². The molecular formula is C11H15N3OS. The van der Waals surface area contributed by atoms with Crippen LogP contribution in [0.15, 0.2) is 24.5 Å². The molecule has 1 aromatic heterocycles. The summed E-state index contributed by atoms with van der Waals surface area (Å²) < 4.78 is 0. The second-order valence-corrected chi connectivity index (χ2v) is 4.26. The van der Waals surface area contributed by atoms with Crippen molar-refractivity contribution in [2.24, 2.45) is 5.73 Å². The average Bonchev–Trinajstić information content (AvgIpc) is 2.25. The van der Waals surface area contributed by atoms with Crippen LogP contribution in [0.5, 0.6) is 0 Å². The summed E-state index contributed by atoms with van der Waals surface area (Å²) in [6.45, 7) is 4.14. The smallest absolute Gasteiger partial charge is 0.256 e. The number of hydrogen-bond acceptors (Lipinski definition) is 3. The lowest BCUT2D eigenvalue weighted by atomic mass is 10.2. The van der Waals surface area contributed by atoms with Gasteiger partial charge >= 0.3 is 0 Å². The standard InChI is InChI=1S/C11H15N3OS/c1-8(2)14(7-10(12)16)11(15)9-4-3-5-13-6-9/h3-6,8H,7H2,1-2H3,(H2,12,16). The molecule has 2 N–H and O–H groups in total. The molecule has 5 heteroatoms. The lowest BCUT2D eigenvalue weighted by molar-refractivity contribution is 0.0736. The number of nitrogens with two attached hydrogens (primary N) is 1. The van der Waals surface area contributed by atoms with Gasteiger partial charge in [-0.25, -0.2) is 0 Å². The maximum Gasteiger partial charge on any atom is 0.256 e. The Morgan fingerprint density at radius 3 is 2.75 bits per heavy atom. The largest absolute Gasteiger partial charge is 0.392 e. The number of hydrogen-bond donors (Lipinski definition) is 1. The molecule has 0 aromatic carbocycles. The Bertz CT molecular complexity index is 378. The summed E-state index contributed by atoms with van der Waals surface area (Å²) in [6, 6.07) is 3.51. The number of thiocarbonyl (C=S) groups is 1. The topological polar surface area (TPSA) is 59.2 Å². The summed E-state index contributed by atoms with van der Waals surface area (Å²) >= 11 is 4.83. The molecule has 4 nitrogen and oxygen atoms in total. The molecule has 16 heavy (non-hydrogen) atoms. The zero-order chi connectivity index (χ0) is 12.1. The summed E-state index contributed by atoms with van der Waals surface area (Å²) in [5.41, 5.74) is 6.02. The quantitative estimate of drug-likeness (QED) is 0.800. The summed E-state index contributed by atoms with van der Waals surface area (Å²) in [5, 5.41) is 0. The second-order valence-electron chi connectivity index (χ2n) is 3.73. The maximum atomic E-state index is 12.1. The van der Waals surface area contributed by atoms with Crippen LogP contribution >= 0.6 is 12.2 Å². The van der Waals surface area contributed by atoms with E-state index in [0.29, 0.717) is 17.1 Å². The molecule has 1 amide bonds. The van der Waals surface area contributed by atoms with Crippen LogP contribution in [-0.4, -0.2) is 33.4 Å². The molecule has 0 saturated heterocycles. The number of carbonyl (C=O) groups is 1. The van der Waals surface area contributed by atoms with Crippen LogP contribution in [-0.2, 0) is 0 Å². The Labute approximate surface area is 100 Å². The third-order valence-electron chi connectivity index (χ3n) is 2.12. The molecule has 1 aromatic rings. The predicted octanol–water partition coefficient (Wildman–Crippen LogP) is 1.22. The first kappa shape index (κ1) is 12.6. The third kappa shape index (κ3) is 3.27. The normalized spacial score (nSPS) is 10.2. The van der Waals surface area contributed by atoms with E-state index in [-0.39, 0.29) is 11.9 Å². The van der Waals surface area contributed by atoms with Crippen LogP contribution < -0.4 is 5.73 Å². The van der Waals surface area contributed by atoms with Gasteiger partial charge in [0.05, 0.1) is 17.1 Å². The minimum absolute atomic E-state index is 0.0502. The van der Waals surface area contributed by atoms with Crippen molar-refractivity contribution >= 4 is 23.1 Å². The Balaban J connectivity index is 2.88. The van der Waals surface area contributed by atoms with E-state index in [4.69, 9.17) is 18.0 Å².